The zero-order chi connectivity index (χ0) is 22.1. The summed E-state index contributed by atoms with van der Waals surface area (Å²) in [5, 5.41) is 3.46. The number of rotatable bonds is 9. The van der Waals surface area contributed by atoms with Gasteiger partial charge in [0.15, 0.2) is 5.96 Å². The molecule has 1 amide bonds. The number of likely N-dealkylation sites (tertiary alicyclic amines) is 1. The highest BCUT2D eigenvalue weighted by atomic mass is 16.6. The van der Waals surface area contributed by atoms with Gasteiger partial charge in [-0.25, -0.2) is 4.79 Å². The van der Waals surface area contributed by atoms with Gasteiger partial charge in [0.25, 0.3) is 0 Å². The molecule has 1 aliphatic heterocycles. The fourth-order valence-corrected chi connectivity index (χ4v) is 3.69. The lowest BCUT2D eigenvalue weighted by atomic mass is 10.0. The number of amides is 1. The number of aliphatic imine (C=N–C) groups is 1. The molecule has 1 aliphatic carbocycles. The molecule has 0 radical (unpaired) electrons. The fourth-order valence-electron chi connectivity index (χ4n) is 3.69. The van der Waals surface area contributed by atoms with Crippen molar-refractivity contribution >= 4 is 12.1 Å². The predicted octanol–water partition coefficient (Wildman–Crippen LogP) is 3.74. The Kier molecular flexibility index (Phi) is 9.72. The maximum atomic E-state index is 12.8. The molecule has 7 heteroatoms. The molecule has 1 N–H and O–H groups in total. The average Bonchev–Trinajstić information content (AvgIpc) is 3.48. The molecule has 1 heterocycles. The standard InChI is InChI=1S/C23H44N4O3/c1-18(2)17-29-15-7-12-25-21(24-6)26-13-10-20(11-14-26)27(16-19-8-9-19)22(28)30-23(3,4)5/h18-20H,7-17H2,1-6H3,(H,24,25). The molecule has 2 rings (SSSR count). The van der Waals surface area contributed by atoms with Crippen LogP contribution in [0, 0.1) is 11.8 Å². The zero-order valence-electron chi connectivity index (χ0n) is 20.1. The van der Waals surface area contributed by atoms with Crippen LogP contribution in [0.3, 0.4) is 0 Å². The Morgan fingerprint density at radius 2 is 1.87 bits per heavy atom. The van der Waals surface area contributed by atoms with Crippen LogP contribution in [-0.4, -0.2) is 79.9 Å². The molecule has 7 nitrogen and oxygen atoms in total. The normalized spacial score (nSPS) is 18.6. The molecule has 0 unspecified atom stereocenters. The van der Waals surface area contributed by atoms with E-state index in [-0.39, 0.29) is 12.1 Å². The fraction of sp³-hybridized carbons (Fsp3) is 0.913. The molecule has 0 aromatic heterocycles. The number of hydrogen-bond acceptors (Lipinski definition) is 4. The number of guanidine groups is 1. The van der Waals surface area contributed by atoms with E-state index in [0.717, 1.165) is 64.6 Å². The smallest absolute Gasteiger partial charge is 0.410 e. The molecule has 0 bridgehead atoms. The zero-order valence-corrected chi connectivity index (χ0v) is 20.1. The Labute approximate surface area is 183 Å². The number of hydrogen-bond donors (Lipinski definition) is 1. The van der Waals surface area contributed by atoms with Gasteiger partial charge in [0.05, 0.1) is 0 Å². The predicted molar refractivity (Wildman–Crippen MR) is 122 cm³/mol. The second-order valence-corrected chi connectivity index (χ2v) is 10.1. The summed E-state index contributed by atoms with van der Waals surface area (Å²) in [6, 6.07) is 0.249. The first-order chi connectivity index (χ1) is 14.2. The summed E-state index contributed by atoms with van der Waals surface area (Å²) in [5.74, 6) is 2.18. The second kappa shape index (κ2) is 11.8. The lowest BCUT2D eigenvalue weighted by molar-refractivity contribution is 0.00928. The summed E-state index contributed by atoms with van der Waals surface area (Å²) in [6.45, 7) is 15.2. The topological polar surface area (TPSA) is 66.4 Å². The Bertz CT molecular complexity index is 547. The lowest BCUT2D eigenvalue weighted by Gasteiger charge is -2.40. The van der Waals surface area contributed by atoms with Crippen molar-refractivity contribution in [1.82, 2.24) is 15.1 Å². The molecular weight excluding hydrogens is 380 g/mol. The maximum Gasteiger partial charge on any atom is 0.410 e. The number of carbonyl (C=O) groups excluding carboxylic acids is 1. The highest BCUT2D eigenvalue weighted by Crippen LogP contribution is 2.32. The summed E-state index contributed by atoms with van der Waals surface area (Å²) in [5.41, 5.74) is -0.454. The van der Waals surface area contributed by atoms with Crippen molar-refractivity contribution in [1.29, 1.82) is 0 Å². The van der Waals surface area contributed by atoms with Crippen LogP contribution in [0.4, 0.5) is 4.79 Å². The van der Waals surface area contributed by atoms with Gasteiger partial charge >= 0.3 is 6.09 Å². The van der Waals surface area contributed by atoms with E-state index in [9.17, 15) is 4.79 Å². The van der Waals surface area contributed by atoms with Gasteiger partial charge in [-0.2, -0.15) is 0 Å². The molecular formula is C23H44N4O3. The first-order valence-electron chi connectivity index (χ1n) is 11.7. The number of nitrogens with one attached hydrogen (secondary N) is 1. The van der Waals surface area contributed by atoms with E-state index in [1.54, 1.807) is 0 Å². The minimum Gasteiger partial charge on any atom is -0.444 e. The van der Waals surface area contributed by atoms with Gasteiger partial charge in [-0.05, 0) is 64.7 Å². The Morgan fingerprint density at radius 1 is 1.20 bits per heavy atom. The van der Waals surface area contributed by atoms with E-state index in [1.165, 1.54) is 12.8 Å². The van der Waals surface area contributed by atoms with Crippen molar-refractivity contribution < 1.29 is 14.3 Å². The van der Waals surface area contributed by atoms with Crippen molar-refractivity contribution in [3.05, 3.63) is 0 Å². The summed E-state index contributed by atoms with van der Waals surface area (Å²) >= 11 is 0. The first kappa shape index (κ1) is 24.8. The lowest BCUT2D eigenvalue weighted by Crippen LogP contribution is -2.52. The third-order valence-electron chi connectivity index (χ3n) is 5.40. The number of nitrogens with zero attached hydrogens (tertiary/aromatic N) is 3. The van der Waals surface area contributed by atoms with Gasteiger partial charge in [0, 0.05) is 52.5 Å². The van der Waals surface area contributed by atoms with E-state index in [2.05, 4.69) is 29.1 Å². The van der Waals surface area contributed by atoms with E-state index >= 15 is 0 Å². The third-order valence-corrected chi connectivity index (χ3v) is 5.40. The molecule has 1 saturated carbocycles. The molecule has 174 valence electrons. The highest BCUT2D eigenvalue weighted by Gasteiger charge is 2.35. The van der Waals surface area contributed by atoms with E-state index in [0.29, 0.717) is 11.8 Å². The summed E-state index contributed by atoms with van der Waals surface area (Å²) in [4.78, 5) is 21.6. The van der Waals surface area contributed by atoms with Gasteiger partial charge in [-0.15, -0.1) is 0 Å². The molecule has 0 spiro atoms. The van der Waals surface area contributed by atoms with E-state index < -0.39 is 5.60 Å². The van der Waals surface area contributed by atoms with Crippen molar-refractivity contribution in [3.8, 4) is 0 Å². The molecule has 0 aromatic carbocycles. The minimum atomic E-state index is -0.454. The van der Waals surface area contributed by atoms with E-state index in [1.807, 2.05) is 32.7 Å². The maximum absolute atomic E-state index is 12.8. The Morgan fingerprint density at radius 3 is 2.40 bits per heavy atom. The van der Waals surface area contributed by atoms with Crippen molar-refractivity contribution in [2.75, 3.05) is 46.4 Å². The highest BCUT2D eigenvalue weighted by molar-refractivity contribution is 5.80. The largest absolute Gasteiger partial charge is 0.444 e. The molecule has 30 heavy (non-hydrogen) atoms. The monoisotopic (exact) mass is 424 g/mol. The Balaban J connectivity index is 1.78. The minimum absolute atomic E-state index is 0.156. The van der Waals surface area contributed by atoms with Crippen LogP contribution in [0.5, 0.6) is 0 Å². The summed E-state index contributed by atoms with van der Waals surface area (Å²) in [6.07, 6.45) is 5.17. The van der Waals surface area contributed by atoms with Crippen molar-refractivity contribution in [2.24, 2.45) is 16.8 Å². The average molecular weight is 425 g/mol. The van der Waals surface area contributed by atoms with Crippen LogP contribution < -0.4 is 5.32 Å². The van der Waals surface area contributed by atoms with Gasteiger partial charge in [0.1, 0.15) is 5.60 Å². The molecule has 2 aliphatic rings. The third kappa shape index (κ3) is 9.11. The van der Waals surface area contributed by atoms with Gasteiger partial charge in [-0.1, -0.05) is 13.8 Å². The summed E-state index contributed by atoms with van der Waals surface area (Å²) in [7, 11) is 1.84. The number of piperidine rings is 1. The van der Waals surface area contributed by atoms with Crippen LogP contribution >= 0.6 is 0 Å². The summed E-state index contributed by atoms with van der Waals surface area (Å²) < 4.78 is 11.3. The van der Waals surface area contributed by atoms with Gasteiger partial charge in [0.2, 0.25) is 0 Å². The first-order valence-corrected chi connectivity index (χ1v) is 11.7. The number of carbonyl (C=O) groups is 1. The quantitative estimate of drug-likeness (QED) is 0.347. The molecule has 0 aromatic rings. The molecule has 0 atom stereocenters. The SMILES string of the molecule is CN=C(NCCCOCC(C)C)N1CCC(N(CC2CC2)C(=O)OC(C)(C)C)CC1. The van der Waals surface area contributed by atoms with Gasteiger partial charge < -0.3 is 24.6 Å². The second-order valence-electron chi connectivity index (χ2n) is 10.1. The van der Waals surface area contributed by atoms with Crippen LogP contribution in [-0.2, 0) is 9.47 Å². The van der Waals surface area contributed by atoms with Gasteiger partial charge in [-0.3, -0.25) is 4.99 Å². The Hall–Kier alpha value is -1.50. The van der Waals surface area contributed by atoms with Crippen molar-refractivity contribution in [3.63, 3.8) is 0 Å². The van der Waals surface area contributed by atoms with E-state index in [4.69, 9.17) is 9.47 Å². The van der Waals surface area contributed by atoms with Crippen LogP contribution in [0.1, 0.15) is 66.7 Å². The molecule has 2 fully saturated rings. The van der Waals surface area contributed by atoms with Crippen molar-refractivity contribution in [2.45, 2.75) is 78.4 Å². The van der Waals surface area contributed by atoms with Crippen LogP contribution in [0.2, 0.25) is 0 Å². The van der Waals surface area contributed by atoms with Crippen LogP contribution in [0.15, 0.2) is 4.99 Å². The number of ether oxygens (including phenoxy) is 2. The molecule has 1 saturated heterocycles. The van der Waals surface area contributed by atoms with Crippen LogP contribution in [0.25, 0.3) is 0 Å².